The monoisotopic (exact) mass is 459 g/mol. The van der Waals surface area contributed by atoms with E-state index in [0.717, 1.165) is 10.9 Å². The molecule has 0 spiro atoms. The number of nitrogens with zero attached hydrogens (tertiary/aromatic N) is 1. The van der Waals surface area contributed by atoms with Crippen LogP contribution in [0.5, 0.6) is 5.75 Å². The zero-order valence-corrected chi connectivity index (χ0v) is 17.8. The van der Waals surface area contributed by atoms with E-state index in [1.165, 1.54) is 7.11 Å². The van der Waals surface area contributed by atoms with Crippen LogP contribution >= 0.6 is 15.9 Å². The molecule has 3 rings (SSSR count). The molecule has 3 amide bonds. The number of anilines is 2. The highest BCUT2D eigenvalue weighted by atomic mass is 79.9. The Hall–Kier alpha value is -2.87. The van der Waals surface area contributed by atoms with Crippen LogP contribution in [0, 0.1) is 0 Å². The third kappa shape index (κ3) is 4.95. The van der Waals surface area contributed by atoms with Gasteiger partial charge in [0, 0.05) is 34.8 Å². The minimum Gasteiger partial charge on any atom is -0.494 e. The Bertz CT molecular complexity index is 930. The lowest BCUT2D eigenvalue weighted by atomic mass is 10.2. The molecule has 152 valence electrons. The number of nitrogens with one attached hydrogen (secondary N) is 2. The average molecular weight is 460 g/mol. The lowest BCUT2D eigenvalue weighted by Crippen LogP contribution is -2.41. The van der Waals surface area contributed by atoms with Gasteiger partial charge in [-0.3, -0.25) is 14.4 Å². The van der Waals surface area contributed by atoms with Gasteiger partial charge in [-0.1, -0.05) is 15.9 Å². The van der Waals surface area contributed by atoms with Gasteiger partial charge in [-0.15, -0.1) is 0 Å². The summed E-state index contributed by atoms with van der Waals surface area (Å²) in [4.78, 5) is 38.4. The molecule has 1 atom stereocenters. The third-order valence-electron chi connectivity index (χ3n) is 4.66. The van der Waals surface area contributed by atoms with Gasteiger partial charge in [0.1, 0.15) is 11.8 Å². The molecular formula is C21H22BrN3O4. The Morgan fingerprint density at radius 1 is 1.17 bits per heavy atom. The SMILES string of the molecule is COc1cc(NC(=O)[C@@H](C)NC(=O)c2ccc(Br)cc2)ccc1N1CCCC1=O. The standard InChI is InChI=1S/C21H22BrN3O4/c1-13(23-21(28)14-5-7-15(22)8-6-14)20(27)24-16-9-10-17(18(12-16)29-2)25-11-3-4-19(25)26/h5-10,12-13H,3-4,11H2,1-2H3,(H,23,28)(H,24,27)/t13-/m1/s1. The predicted octanol–water partition coefficient (Wildman–Crippen LogP) is 3.34. The number of hydrogen-bond donors (Lipinski definition) is 2. The van der Waals surface area contributed by atoms with Crippen molar-refractivity contribution in [2.75, 3.05) is 23.9 Å². The van der Waals surface area contributed by atoms with Gasteiger partial charge < -0.3 is 20.3 Å². The van der Waals surface area contributed by atoms with Gasteiger partial charge >= 0.3 is 0 Å². The number of carbonyl (C=O) groups excluding carboxylic acids is 3. The van der Waals surface area contributed by atoms with E-state index in [1.54, 1.807) is 54.3 Å². The fraction of sp³-hybridized carbons (Fsp3) is 0.286. The molecule has 1 heterocycles. The minimum atomic E-state index is -0.739. The lowest BCUT2D eigenvalue weighted by Gasteiger charge is -2.20. The zero-order valence-electron chi connectivity index (χ0n) is 16.2. The van der Waals surface area contributed by atoms with Crippen molar-refractivity contribution in [2.24, 2.45) is 0 Å². The van der Waals surface area contributed by atoms with Gasteiger partial charge in [-0.25, -0.2) is 0 Å². The second kappa shape index (κ2) is 9.09. The smallest absolute Gasteiger partial charge is 0.251 e. The van der Waals surface area contributed by atoms with Crippen LogP contribution < -0.4 is 20.3 Å². The van der Waals surface area contributed by atoms with Gasteiger partial charge in [-0.2, -0.15) is 0 Å². The number of halogens is 1. The summed E-state index contributed by atoms with van der Waals surface area (Å²) < 4.78 is 6.27. The lowest BCUT2D eigenvalue weighted by molar-refractivity contribution is -0.118. The summed E-state index contributed by atoms with van der Waals surface area (Å²) in [6.45, 7) is 2.26. The highest BCUT2D eigenvalue weighted by Crippen LogP contribution is 2.33. The molecule has 2 aromatic carbocycles. The number of rotatable bonds is 6. The van der Waals surface area contributed by atoms with Crippen LogP contribution in [0.2, 0.25) is 0 Å². The average Bonchev–Trinajstić information content (AvgIpc) is 3.13. The van der Waals surface area contributed by atoms with Gasteiger partial charge in [0.25, 0.3) is 5.91 Å². The van der Waals surface area contributed by atoms with E-state index in [9.17, 15) is 14.4 Å². The molecule has 0 bridgehead atoms. The van der Waals surface area contributed by atoms with Crippen LogP contribution in [0.4, 0.5) is 11.4 Å². The molecular weight excluding hydrogens is 438 g/mol. The van der Waals surface area contributed by atoms with E-state index < -0.39 is 6.04 Å². The maximum atomic E-state index is 12.5. The van der Waals surface area contributed by atoms with Crippen LogP contribution in [0.1, 0.15) is 30.1 Å². The third-order valence-corrected chi connectivity index (χ3v) is 5.19. The molecule has 2 aromatic rings. The van der Waals surface area contributed by atoms with E-state index in [-0.39, 0.29) is 17.7 Å². The Morgan fingerprint density at radius 2 is 1.90 bits per heavy atom. The highest BCUT2D eigenvalue weighted by molar-refractivity contribution is 9.10. The van der Waals surface area contributed by atoms with Crippen molar-refractivity contribution in [3.8, 4) is 5.75 Å². The van der Waals surface area contributed by atoms with Crippen LogP contribution in [-0.2, 0) is 9.59 Å². The zero-order chi connectivity index (χ0) is 21.0. The van der Waals surface area contributed by atoms with Crippen molar-refractivity contribution in [3.63, 3.8) is 0 Å². The summed E-state index contributed by atoms with van der Waals surface area (Å²) in [5.41, 5.74) is 1.67. The molecule has 1 fully saturated rings. The minimum absolute atomic E-state index is 0.0596. The summed E-state index contributed by atoms with van der Waals surface area (Å²) in [6.07, 6.45) is 1.34. The molecule has 0 saturated carbocycles. The molecule has 7 nitrogen and oxygen atoms in total. The van der Waals surface area contributed by atoms with Crippen LogP contribution in [0.15, 0.2) is 46.9 Å². The maximum Gasteiger partial charge on any atom is 0.251 e. The molecule has 1 aliphatic heterocycles. The van der Waals surface area contributed by atoms with E-state index in [2.05, 4.69) is 26.6 Å². The quantitative estimate of drug-likeness (QED) is 0.693. The summed E-state index contributed by atoms with van der Waals surface area (Å²) >= 11 is 3.32. The summed E-state index contributed by atoms with van der Waals surface area (Å²) in [6, 6.07) is 11.3. The predicted molar refractivity (Wildman–Crippen MR) is 114 cm³/mol. The van der Waals surface area contributed by atoms with Crippen molar-refractivity contribution in [1.82, 2.24) is 5.32 Å². The number of methoxy groups -OCH3 is 1. The molecule has 0 aromatic heterocycles. The highest BCUT2D eigenvalue weighted by Gasteiger charge is 2.25. The largest absolute Gasteiger partial charge is 0.494 e. The Kier molecular flexibility index (Phi) is 6.53. The number of amides is 3. The first kappa shape index (κ1) is 20.9. The molecule has 2 N–H and O–H groups in total. The Labute approximate surface area is 177 Å². The summed E-state index contributed by atoms with van der Waals surface area (Å²) in [5.74, 6) is -0.128. The molecule has 0 radical (unpaired) electrons. The van der Waals surface area contributed by atoms with Gasteiger partial charge in [0.2, 0.25) is 11.8 Å². The fourth-order valence-corrected chi connectivity index (χ4v) is 3.34. The molecule has 0 unspecified atom stereocenters. The first-order valence-corrected chi connectivity index (χ1v) is 10.0. The maximum absolute atomic E-state index is 12.5. The first-order chi connectivity index (χ1) is 13.9. The topological polar surface area (TPSA) is 87.7 Å². The molecule has 0 aliphatic carbocycles. The van der Waals surface area contributed by atoms with Crippen molar-refractivity contribution in [2.45, 2.75) is 25.8 Å². The number of carbonyl (C=O) groups is 3. The van der Waals surface area contributed by atoms with E-state index >= 15 is 0 Å². The van der Waals surface area contributed by atoms with Crippen molar-refractivity contribution >= 4 is 45.0 Å². The van der Waals surface area contributed by atoms with Gasteiger partial charge in [-0.05, 0) is 49.7 Å². The fourth-order valence-electron chi connectivity index (χ4n) is 3.08. The van der Waals surface area contributed by atoms with Crippen LogP contribution in [-0.4, -0.2) is 37.4 Å². The molecule has 1 saturated heterocycles. The number of benzene rings is 2. The van der Waals surface area contributed by atoms with E-state index in [4.69, 9.17) is 4.74 Å². The second-order valence-corrected chi connectivity index (χ2v) is 7.64. The number of ether oxygens (including phenoxy) is 1. The van der Waals surface area contributed by atoms with Gasteiger partial charge in [0.15, 0.2) is 0 Å². The van der Waals surface area contributed by atoms with Crippen molar-refractivity contribution in [1.29, 1.82) is 0 Å². The Balaban J connectivity index is 1.65. The molecule has 29 heavy (non-hydrogen) atoms. The normalized spacial score (nSPS) is 14.4. The first-order valence-electron chi connectivity index (χ1n) is 9.24. The summed E-state index contributed by atoms with van der Waals surface area (Å²) in [7, 11) is 1.52. The van der Waals surface area contributed by atoms with E-state index in [1.807, 2.05) is 0 Å². The Morgan fingerprint density at radius 3 is 2.52 bits per heavy atom. The van der Waals surface area contributed by atoms with Crippen molar-refractivity contribution < 1.29 is 19.1 Å². The number of hydrogen-bond acceptors (Lipinski definition) is 4. The van der Waals surface area contributed by atoms with Crippen molar-refractivity contribution in [3.05, 3.63) is 52.5 Å². The summed E-state index contributed by atoms with van der Waals surface area (Å²) in [5, 5.41) is 5.44. The van der Waals surface area contributed by atoms with Crippen LogP contribution in [0.25, 0.3) is 0 Å². The molecule has 8 heteroatoms. The molecule has 1 aliphatic rings. The van der Waals surface area contributed by atoms with Gasteiger partial charge in [0.05, 0.1) is 12.8 Å². The van der Waals surface area contributed by atoms with E-state index in [0.29, 0.717) is 35.7 Å². The second-order valence-electron chi connectivity index (χ2n) is 6.73. The van der Waals surface area contributed by atoms with Crippen LogP contribution in [0.3, 0.4) is 0 Å².